The van der Waals surface area contributed by atoms with E-state index in [9.17, 15) is 4.79 Å². The summed E-state index contributed by atoms with van der Waals surface area (Å²) < 4.78 is 0.353. The lowest BCUT2D eigenvalue weighted by molar-refractivity contribution is -0.140. The summed E-state index contributed by atoms with van der Waals surface area (Å²) in [6.45, 7) is 4.80. The number of nitrogens with zero attached hydrogens (tertiary/aromatic N) is 2. The van der Waals surface area contributed by atoms with Crippen LogP contribution in [0.25, 0.3) is 0 Å². The van der Waals surface area contributed by atoms with Crippen molar-refractivity contribution in [2.45, 2.75) is 55.8 Å². The Hall–Kier alpha value is -0.870. The summed E-state index contributed by atoms with van der Waals surface area (Å²) in [6.07, 6.45) is 8.74. The molecule has 1 heterocycles. The van der Waals surface area contributed by atoms with Gasteiger partial charge in [0.15, 0.2) is 0 Å². The largest absolute Gasteiger partial charge is 0.340 e. The summed E-state index contributed by atoms with van der Waals surface area (Å²) in [5, 5.41) is 0. The van der Waals surface area contributed by atoms with Crippen molar-refractivity contribution < 1.29 is 4.79 Å². The van der Waals surface area contributed by atoms with E-state index < -0.39 is 0 Å². The van der Waals surface area contributed by atoms with Gasteiger partial charge in [0.25, 0.3) is 0 Å². The van der Waals surface area contributed by atoms with Crippen LogP contribution in [-0.2, 0) is 11.3 Å². The van der Waals surface area contributed by atoms with Crippen LogP contribution in [0, 0.1) is 17.3 Å². The molecule has 0 spiro atoms. The van der Waals surface area contributed by atoms with Gasteiger partial charge in [-0.05, 0) is 61.3 Å². The Balaban J connectivity index is 1.17. The highest BCUT2D eigenvalue weighted by Crippen LogP contribution is 2.65. The third-order valence-corrected chi connectivity index (χ3v) is 8.54. The highest BCUT2D eigenvalue weighted by atomic mass is 79.9. The Kier molecular flexibility index (Phi) is 4.63. The number of carbonyl (C=O) groups is 1. The molecule has 4 saturated carbocycles. The molecule has 0 aromatic heterocycles. The molecule has 0 radical (unpaired) electrons. The number of halogens is 1. The Labute approximate surface area is 171 Å². The second-order valence-corrected chi connectivity index (χ2v) is 11.6. The zero-order valence-electron chi connectivity index (χ0n) is 16.2. The Morgan fingerprint density at radius 3 is 2.30 bits per heavy atom. The first-order valence-corrected chi connectivity index (χ1v) is 11.5. The van der Waals surface area contributed by atoms with E-state index in [2.05, 4.69) is 56.1 Å². The molecular weight excluding hydrogens is 400 g/mol. The van der Waals surface area contributed by atoms with Crippen LogP contribution in [-0.4, -0.2) is 46.2 Å². The molecule has 0 N–H and O–H groups in total. The van der Waals surface area contributed by atoms with E-state index in [-0.39, 0.29) is 0 Å². The molecule has 4 heteroatoms. The maximum Gasteiger partial charge on any atom is 0.223 e. The maximum absolute atomic E-state index is 13.1. The number of alkyl halides is 1. The summed E-state index contributed by atoms with van der Waals surface area (Å²) in [5.41, 5.74) is 1.67. The SMILES string of the molecule is O=C(CC12CC3CC(CC(Br)(C3)C1)C2)N1CCN(Cc2ccccc2)CC1. The Morgan fingerprint density at radius 2 is 1.67 bits per heavy atom. The van der Waals surface area contributed by atoms with Crippen LogP contribution in [0.4, 0.5) is 0 Å². The van der Waals surface area contributed by atoms with Gasteiger partial charge < -0.3 is 4.90 Å². The lowest BCUT2D eigenvalue weighted by Gasteiger charge is -2.60. The average Bonchev–Trinajstić information content (AvgIpc) is 2.60. The van der Waals surface area contributed by atoms with Crippen LogP contribution in [0.5, 0.6) is 0 Å². The summed E-state index contributed by atoms with van der Waals surface area (Å²) in [4.78, 5) is 17.8. The minimum Gasteiger partial charge on any atom is -0.340 e. The first kappa shape index (κ1) is 18.2. The number of piperazine rings is 1. The molecule has 5 aliphatic rings. The van der Waals surface area contributed by atoms with Crippen LogP contribution in [0.3, 0.4) is 0 Å². The Morgan fingerprint density at radius 1 is 1.00 bits per heavy atom. The molecule has 27 heavy (non-hydrogen) atoms. The number of amides is 1. The van der Waals surface area contributed by atoms with Gasteiger partial charge in [0.05, 0.1) is 0 Å². The third kappa shape index (κ3) is 3.72. The molecule has 5 fully saturated rings. The van der Waals surface area contributed by atoms with Crippen molar-refractivity contribution in [3.63, 3.8) is 0 Å². The monoisotopic (exact) mass is 430 g/mol. The van der Waals surface area contributed by atoms with Crippen molar-refractivity contribution in [3.05, 3.63) is 35.9 Å². The molecule has 4 bridgehead atoms. The summed E-state index contributed by atoms with van der Waals surface area (Å²) in [7, 11) is 0. The van der Waals surface area contributed by atoms with E-state index in [1.165, 1.54) is 44.1 Å². The van der Waals surface area contributed by atoms with E-state index in [4.69, 9.17) is 0 Å². The molecule has 2 atom stereocenters. The van der Waals surface area contributed by atoms with E-state index in [1.807, 2.05) is 0 Å². The quantitative estimate of drug-likeness (QED) is 0.658. The second-order valence-electron chi connectivity index (χ2n) is 9.93. The van der Waals surface area contributed by atoms with E-state index >= 15 is 0 Å². The van der Waals surface area contributed by atoms with Crippen molar-refractivity contribution in [1.82, 2.24) is 9.80 Å². The molecule has 2 unspecified atom stereocenters. The highest BCUT2D eigenvalue weighted by Gasteiger charge is 2.57. The van der Waals surface area contributed by atoms with E-state index in [0.717, 1.165) is 51.0 Å². The van der Waals surface area contributed by atoms with Gasteiger partial charge in [0.1, 0.15) is 0 Å². The predicted molar refractivity (Wildman–Crippen MR) is 112 cm³/mol. The first-order chi connectivity index (χ1) is 13.0. The molecule has 146 valence electrons. The van der Waals surface area contributed by atoms with Crippen molar-refractivity contribution in [2.24, 2.45) is 17.3 Å². The smallest absolute Gasteiger partial charge is 0.223 e. The topological polar surface area (TPSA) is 23.6 Å². The number of rotatable bonds is 4. The van der Waals surface area contributed by atoms with Gasteiger partial charge in [-0.1, -0.05) is 46.3 Å². The molecular formula is C23H31BrN2O. The number of hydrogen-bond donors (Lipinski definition) is 0. The number of carbonyl (C=O) groups excluding carboxylic acids is 1. The first-order valence-electron chi connectivity index (χ1n) is 10.7. The minimum absolute atomic E-state index is 0.297. The van der Waals surface area contributed by atoms with Crippen LogP contribution >= 0.6 is 15.9 Å². The summed E-state index contributed by atoms with van der Waals surface area (Å²) in [6, 6.07) is 10.7. The lowest BCUT2D eigenvalue weighted by atomic mass is 9.48. The zero-order valence-corrected chi connectivity index (χ0v) is 17.8. The van der Waals surface area contributed by atoms with E-state index in [1.54, 1.807) is 0 Å². The molecule has 1 aromatic rings. The molecule has 6 rings (SSSR count). The van der Waals surface area contributed by atoms with Crippen LogP contribution < -0.4 is 0 Å². The van der Waals surface area contributed by atoms with Crippen molar-refractivity contribution in [3.8, 4) is 0 Å². The fourth-order valence-corrected chi connectivity index (χ4v) is 8.48. The third-order valence-electron chi connectivity index (χ3n) is 7.61. The zero-order chi connectivity index (χ0) is 18.5. The number of benzene rings is 1. The van der Waals surface area contributed by atoms with Gasteiger partial charge in [-0.15, -0.1) is 0 Å². The summed E-state index contributed by atoms with van der Waals surface area (Å²) in [5.74, 6) is 2.15. The van der Waals surface area contributed by atoms with Crippen molar-refractivity contribution in [1.29, 1.82) is 0 Å². The van der Waals surface area contributed by atoms with Gasteiger partial charge in [-0.2, -0.15) is 0 Å². The molecule has 1 aliphatic heterocycles. The van der Waals surface area contributed by atoms with Gasteiger partial charge in [0.2, 0.25) is 5.91 Å². The molecule has 1 amide bonds. The minimum atomic E-state index is 0.297. The van der Waals surface area contributed by atoms with Crippen LogP contribution in [0.2, 0.25) is 0 Å². The van der Waals surface area contributed by atoms with Crippen LogP contribution in [0.15, 0.2) is 30.3 Å². The number of hydrogen-bond acceptors (Lipinski definition) is 2. The maximum atomic E-state index is 13.1. The predicted octanol–water partition coefficient (Wildman–Crippen LogP) is 4.45. The van der Waals surface area contributed by atoms with Crippen LogP contribution in [0.1, 0.15) is 50.5 Å². The summed E-state index contributed by atoms with van der Waals surface area (Å²) >= 11 is 4.09. The molecule has 4 aliphatic carbocycles. The van der Waals surface area contributed by atoms with Crippen molar-refractivity contribution >= 4 is 21.8 Å². The van der Waals surface area contributed by atoms with E-state index in [0.29, 0.717) is 15.6 Å². The van der Waals surface area contributed by atoms with Gasteiger partial charge >= 0.3 is 0 Å². The van der Waals surface area contributed by atoms with Gasteiger partial charge in [0, 0.05) is 43.5 Å². The van der Waals surface area contributed by atoms with Gasteiger partial charge in [-0.3, -0.25) is 9.69 Å². The second kappa shape index (κ2) is 6.88. The van der Waals surface area contributed by atoms with Crippen molar-refractivity contribution in [2.75, 3.05) is 26.2 Å². The molecule has 3 nitrogen and oxygen atoms in total. The lowest BCUT2D eigenvalue weighted by Crippen LogP contribution is -2.55. The normalized spacial score (nSPS) is 38.3. The fourth-order valence-electron chi connectivity index (χ4n) is 6.97. The molecule has 1 saturated heterocycles. The highest BCUT2D eigenvalue weighted by molar-refractivity contribution is 9.10. The fraction of sp³-hybridized carbons (Fsp3) is 0.696. The average molecular weight is 431 g/mol. The molecule has 1 aromatic carbocycles. The Bertz CT molecular complexity index is 684. The van der Waals surface area contributed by atoms with Gasteiger partial charge in [-0.25, -0.2) is 0 Å². The standard InChI is InChI=1S/C23H31BrN2O/c24-23-13-19-10-20(14-23)12-22(11-19,17-23)15-21(27)26-8-6-25(7-9-26)16-18-4-2-1-3-5-18/h1-5,19-20H,6-17H2.